The molecule has 1 rings (SSSR count). The van der Waals surface area contributed by atoms with Crippen LogP contribution in [0.1, 0.15) is 0 Å². The summed E-state index contributed by atoms with van der Waals surface area (Å²) in [5.74, 6) is 0.971. The van der Waals surface area contributed by atoms with Gasteiger partial charge in [0.15, 0.2) is 0 Å². The Morgan fingerprint density at radius 2 is 1.50 bits per heavy atom. The molecule has 2 nitrogen and oxygen atoms in total. The lowest BCUT2D eigenvalue weighted by molar-refractivity contribution is 0.505. The van der Waals surface area contributed by atoms with E-state index in [0.717, 1.165) is 16.2 Å². The highest BCUT2D eigenvalue weighted by atomic mass is 28.2. The fourth-order valence-corrected chi connectivity index (χ4v) is 0.829. The Kier molecular flexibility index (Phi) is 6.42. The van der Waals surface area contributed by atoms with Crippen molar-refractivity contribution in [3.63, 3.8) is 0 Å². The first-order chi connectivity index (χ1) is 5.66. The minimum absolute atomic E-state index is 0.777. The number of benzene rings is 1. The van der Waals surface area contributed by atoms with Crippen LogP contribution in [0.3, 0.4) is 0 Å². The standard InChI is InChI=1S/C6H8OSi.C3H9N/c8-7-6-4-2-1-3-5-6;1-4(2)3/h1-5H,8H3;1-3H3. The molecule has 0 bridgehead atoms. The topological polar surface area (TPSA) is 12.5 Å². The smallest absolute Gasteiger partial charge is 0.204 e. The van der Waals surface area contributed by atoms with Crippen molar-refractivity contribution in [3.8, 4) is 5.75 Å². The lowest BCUT2D eigenvalue weighted by Crippen LogP contribution is -1.99. The summed E-state index contributed by atoms with van der Waals surface area (Å²) in [5.41, 5.74) is 0. The second-order valence-electron chi connectivity index (χ2n) is 2.86. The molecule has 0 N–H and O–H groups in total. The molecule has 0 spiro atoms. The van der Waals surface area contributed by atoms with Crippen LogP contribution in [-0.2, 0) is 0 Å². The normalized spacial score (nSPS) is 9.00. The molecule has 0 amide bonds. The first-order valence-corrected chi connectivity index (χ1v) is 4.68. The Bertz CT molecular complexity index is 186. The van der Waals surface area contributed by atoms with Crippen LogP contribution < -0.4 is 4.43 Å². The zero-order valence-electron chi connectivity index (χ0n) is 8.24. The van der Waals surface area contributed by atoms with Gasteiger partial charge < -0.3 is 9.33 Å². The third-order valence-corrected chi connectivity index (χ3v) is 1.45. The third-order valence-electron chi connectivity index (χ3n) is 0.979. The van der Waals surface area contributed by atoms with E-state index in [2.05, 4.69) is 0 Å². The number of nitrogens with zero attached hydrogens (tertiary/aromatic N) is 1. The largest absolute Gasteiger partial charge is 0.553 e. The third kappa shape index (κ3) is 7.31. The summed E-state index contributed by atoms with van der Waals surface area (Å²) >= 11 is 0. The van der Waals surface area contributed by atoms with Gasteiger partial charge in [-0.1, -0.05) is 18.2 Å². The zero-order chi connectivity index (χ0) is 9.40. The highest BCUT2D eigenvalue weighted by Gasteiger charge is 1.79. The van der Waals surface area contributed by atoms with Crippen LogP contribution in [0.2, 0.25) is 0 Å². The molecule has 68 valence electrons. The molecule has 0 saturated carbocycles. The lowest BCUT2D eigenvalue weighted by Gasteiger charge is -1.95. The van der Waals surface area contributed by atoms with E-state index in [1.54, 1.807) is 0 Å². The Morgan fingerprint density at radius 3 is 1.75 bits per heavy atom. The minimum Gasteiger partial charge on any atom is -0.553 e. The summed E-state index contributed by atoms with van der Waals surface area (Å²) in [6, 6.07) is 9.81. The molecular formula is C9H17NOSi. The monoisotopic (exact) mass is 183 g/mol. The van der Waals surface area contributed by atoms with Gasteiger partial charge in [0.1, 0.15) is 5.75 Å². The summed E-state index contributed by atoms with van der Waals surface area (Å²) in [4.78, 5) is 2.00. The van der Waals surface area contributed by atoms with Gasteiger partial charge in [-0.3, -0.25) is 0 Å². The molecule has 0 aliphatic heterocycles. The molecule has 3 heteroatoms. The molecule has 0 aliphatic rings. The van der Waals surface area contributed by atoms with E-state index >= 15 is 0 Å². The summed E-state index contributed by atoms with van der Waals surface area (Å²) in [6.45, 7) is 0. The summed E-state index contributed by atoms with van der Waals surface area (Å²) in [7, 11) is 6.78. The van der Waals surface area contributed by atoms with Crippen LogP contribution in [0.15, 0.2) is 30.3 Å². The molecule has 0 atom stereocenters. The van der Waals surface area contributed by atoms with Crippen LogP contribution in [0, 0.1) is 0 Å². The minimum atomic E-state index is 0.777. The maximum Gasteiger partial charge on any atom is 0.204 e. The Hall–Kier alpha value is -0.803. The number of hydrogen-bond acceptors (Lipinski definition) is 2. The Labute approximate surface area is 77.7 Å². The van der Waals surface area contributed by atoms with Gasteiger partial charge >= 0.3 is 0 Å². The summed E-state index contributed by atoms with van der Waals surface area (Å²) in [5, 5.41) is 0. The van der Waals surface area contributed by atoms with Crippen molar-refractivity contribution in [1.29, 1.82) is 0 Å². The van der Waals surface area contributed by atoms with Crippen molar-refractivity contribution in [3.05, 3.63) is 30.3 Å². The maximum absolute atomic E-state index is 5.05. The second-order valence-corrected chi connectivity index (χ2v) is 3.27. The van der Waals surface area contributed by atoms with Crippen LogP contribution in [0.25, 0.3) is 0 Å². The van der Waals surface area contributed by atoms with Gasteiger partial charge in [-0.2, -0.15) is 0 Å². The molecular weight excluding hydrogens is 166 g/mol. The number of rotatable bonds is 1. The molecule has 12 heavy (non-hydrogen) atoms. The SMILES string of the molecule is CN(C)C.[SiH3]Oc1ccccc1. The van der Waals surface area contributed by atoms with Gasteiger partial charge in [-0.15, -0.1) is 0 Å². The average molecular weight is 183 g/mol. The van der Waals surface area contributed by atoms with Gasteiger partial charge in [0.05, 0.1) is 0 Å². The van der Waals surface area contributed by atoms with Crippen LogP contribution >= 0.6 is 0 Å². The molecule has 0 fully saturated rings. The molecule has 1 aromatic carbocycles. The number of hydrogen-bond donors (Lipinski definition) is 0. The molecule has 1 aromatic rings. The fraction of sp³-hybridized carbons (Fsp3) is 0.333. The van der Waals surface area contributed by atoms with Crippen molar-refractivity contribution in [2.75, 3.05) is 21.1 Å². The average Bonchev–Trinajstić information content (AvgIpc) is 2.05. The van der Waals surface area contributed by atoms with Crippen LogP contribution in [0.4, 0.5) is 0 Å². The molecule has 0 radical (unpaired) electrons. The van der Waals surface area contributed by atoms with Gasteiger partial charge in [-0.05, 0) is 33.3 Å². The molecule has 0 saturated heterocycles. The van der Waals surface area contributed by atoms with Crippen molar-refractivity contribution >= 4 is 10.5 Å². The predicted octanol–water partition coefficient (Wildman–Crippen LogP) is 0.524. The Balaban J connectivity index is 0.000000261. The van der Waals surface area contributed by atoms with Crippen LogP contribution in [0.5, 0.6) is 5.75 Å². The molecule has 0 unspecified atom stereocenters. The van der Waals surface area contributed by atoms with Crippen molar-refractivity contribution in [2.24, 2.45) is 0 Å². The summed E-state index contributed by atoms with van der Waals surface area (Å²) in [6.07, 6.45) is 0. The van der Waals surface area contributed by atoms with Gasteiger partial charge in [0.25, 0.3) is 0 Å². The van der Waals surface area contributed by atoms with E-state index in [0.29, 0.717) is 0 Å². The van der Waals surface area contributed by atoms with Gasteiger partial charge in [0.2, 0.25) is 10.5 Å². The van der Waals surface area contributed by atoms with E-state index in [-0.39, 0.29) is 0 Å². The van der Waals surface area contributed by atoms with Gasteiger partial charge in [-0.25, -0.2) is 0 Å². The van der Waals surface area contributed by atoms with Gasteiger partial charge in [0, 0.05) is 0 Å². The predicted molar refractivity (Wildman–Crippen MR) is 56.6 cm³/mol. The van der Waals surface area contributed by atoms with E-state index in [1.807, 2.05) is 56.4 Å². The van der Waals surface area contributed by atoms with Crippen LogP contribution in [-0.4, -0.2) is 36.5 Å². The fourth-order valence-electron chi connectivity index (χ4n) is 0.557. The molecule has 0 aromatic heterocycles. The highest BCUT2D eigenvalue weighted by molar-refractivity contribution is 5.99. The lowest BCUT2D eigenvalue weighted by atomic mass is 10.3. The first kappa shape index (κ1) is 11.2. The maximum atomic E-state index is 5.05. The van der Waals surface area contributed by atoms with E-state index < -0.39 is 0 Å². The van der Waals surface area contributed by atoms with E-state index in [9.17, 15) is 0 Å². The highest BCUT2D eigenvalue weighted by Crippen LogP contribution is 2.05. The zero-order valence-corrected chi connectivity index (χ0v) is 10.2. The van der Waals surface area contributed by atoms with E-state index in [1.165, 1.54) is 0 Å². The van der Waals surface area contributed by atoms with Crippen molar-refractivity contribution in [2.45, 2.75) is 0 Å². The number of para-hydroxylation sites is 1. The molecule has 0 heterocycles. The quantitative estimate of drug-likeness (QED) is 0.589. The molecule has 0 aliphatic carbocycles. The summed E-state index contributed by atoms with van der Waals surface area (Å²) < 4.78 is 5.05. The van der Waals surface area contributed by atoms with E-state index in [4.69, 9.17) is 4.43 Å². The first-order valence-electron chi connectivity index (χ1n) is 3.86. The van der Waals surface area contributed by atoms with Crippen molar-refractivity contribution in [1.82, 2.24) is 4.90 Å². The second kappa shape index (κ2) is 6.88. The Morgan fingerprint density at radius 1 is 1.08 bits per heavy atom. The van der Waals surface area contributed by atoms with Crippen molar-refractivity contribution < 1.29 is 4.43 Å².